The minimum absolute atomic E-state index is 0.0834. The molecule has 0 saturated carbocycles. The van der Waals surface area contributed by atoms with Gasteiger partial charge in [0.05, 0.1) is 18.1 Å². The first-order valence-corrected chi connectivity index (χ1v) is 8.45. The second-order valence-corrected chi connectivity index (χ2v) is 6.16. The van der Waals surface area contributed by atoms with Crippen LogP contribution in [-0.4, -0.2) is 26.2 Å². The van der Waals surface area contributed by atoms with Gasteiger partial charge in [-0.25, -0.2) is 0 Å². The molecule has 0 fully saturated rings. The molecular formula is C19H20ClNO4. The maximum absolute atomic E-state index is 12.3. The topological polar surface area (TPSA) is 56.8 Å². The van der Waals surface area contributed by atoms with Crippen LogP contribution in [0.2, 0.25) is 5.02 Å². The average Bonchev–Trinajstić information content (AvgIpc) is 2.61. The number of ether oxygens (including phenoxy) is 3. The van der Waals surface area contributed by atoms with Crippen molar-refractivity contribution in [3.8, 4) is 11.5 Å². The van der Waals surface area contributed by atoms with Gasteiger partial charge in [0.15, 0.2) is 11.5 Å². The molecular weight excluding hydrogens is 342 g/mol. The van der Waals surface area contributed by atoms with Gasteiger partial charge in [-0.05, 0) is 28.8 Å². The van der Waals surface area contributed by atoms with E-state index in [2.05, 4.69) is 5.32 Å². The normalized spacial score (nSPS) is 12.7. The van der Waals surface area contributed by atoms with Gasteiger partial charge < -0.3 is 19.5 Å². The fourth-order valence-corrected chi connectivity index (χ4v) is 3.02. The molecule has 1 N–H and O–H groups in total. The zero-order chi connectivity index (χ0) is 17.6. The lowest BCUT2D eigenvalue weighted by molar-refractivity contribution is -0.120. The van der Waals surface area contributed by atoms with E-state index in [1.54, 1.807) is 19.2 Å². The smallest absolute Gasteiger partial charge is 0.224 e. The Bertz CT molecular complexity index is 763. The van der Waals surface area contributed by atoms with Gasteiger partial charge in [-0.3, -0.25) is 4.79 Å². The Hall–Kier alpha value is -2.24. The number of nitrogens with one attached hydrogen (secondary N) is 1. The van der Waals surface area contributed by atoms with Crippen LogP contribution in [0.5, 0.6) is 11.5 Å². The minimum atomic E-state index is -0.0834. The number of hydrogen-bond donors (Lipinski definition) is 1. The van der Waals surface area contributed by atoms with Crippen LogP contribution in [0, 0.1) is 0 Å². The highest BCUT2D eigenvalue weighted by Crippen LogP contribution is 2.38. The zero-order valence-corrected chi connectivity index (χ0v) is 14.8. The van der Waals surface area contributed by atoms with E-state index in [9.17, 15) is 4.79 Å². The number of carbonyl (C=O) groups excluding carboxylic acids is 1. The van der Waals surface area contributed by atoms with Crippen LogP contribution in [0.3, 0.4) is 0 Å². The summed E-state index contributed by atoms with van der Waals surface area (Å²) in [4.78, 5) is 12.3. The summed E-state index contributed by atoms with van der Waals surface area (Å²) in [6, 6.07) is 11.4. The Morgan fingerprint density at radius 1 is 1.20 bits per heavy atom. The second kappa shape index (κ2) is 8.23. The first-order chi connectivity index (χ1) is 12.2. The van der Waals surface area contributed by atoms with E-state index in [0.29, 0.717) is 42.9 Å². The zero-order valence-electron chi connectivity index (χ0n) is 14.0. The Morgan fingerprint density at radius 2 is 1.96 bits per heavy atom. The van der Waals surface area contributed by atoms with Crippen LogP contribution < -0.4 is 14.8 Å². The summed E-state index contributed by atoms with van der Waals surface area (Å²) in [6.07, 6.45) is 0.225. The Labute approximate surface area is 151 Å². The number of rotatable bonds is 6. The number of methoxy groups -OCH3 is 1. The first kappa shape index (κ1) is 17.6. The van der Waals surface area contributed by atoms with E-state index in [1.807, 2.05) is 24.3 Å². The molecule has 0 radical (unpaired) electrons. The molecule has 0 aromatic heterocycles. The summed E-state index contributed by atoms with van der Waals surface area (Å²) in [5.74, 6) is 1.05. The highest BCUT2D eigenvalue weighted by molar-refractivity contribution is 6.32. The molecule has 1 aliphatic heterocycles. The summed E-state index contributed by atoms with van der Waals surface area (Å²) >= 11 is 6.21. The van der Waals surface area contributed by atoms with Crippen molar-refractivity contribution in [3.63, 3.8) is 0 Å². The molecule has 1 aliphatic rings. The number of hydrogen-bond acceptors (Lipinski definition) is 4. The van der Waals surface area contributed by atoms with Crippen molar-refractivity contribution in [2.24, 2.45) is 0 Å². The number of fused-ring (bicyclic) bond motifs is 1. The van der Waals surface area contributed by atoms with E-state index < -0.39 is 0 Å². The van der Waals surface area contributed by atoms with Crippen molar-refractivity contribution in [1.82, 2.24) is 5.32 Å². The van der Waals surface area contributed by atoms with Crippen molar-refractivity contribution in [2.45, 2.75) is 19.6 Å². The third kappa shape index (κ3) is 4.44. The summed E-state index contributed by atoms with van der Waals surface area (Å²) < 4.78 is 16.2. The average molecular weight is 362 g/mol. The number of halogens is 1. The number of amides is 1. The molecule has 6 heteroatoms. The van der Waals surface area contributed by atoms with E-state index in [-0.39, 0.29) is 12.3 Å². The van der Waals surface area contributed by atoms with E-state index >= 15 is 0 Å². The van der Waals surface area contributed by atoms with Crippen LogP contribution in [-0.2, 0) is 29.1 Å². The third-order valence-electron chi connectivity index (χ3n) is 3.92. The SMILES string of the molecule is COCc1ccccc1CNC(=O)Cc1cc(Cl)c2c(c1)OCCO2. The standard InChI is InChI=1S/C19H20ClNO4/c1-23-12-15-5-3-2-4-14(15)11-21-18(22)10-13-8-16(20)19-17(9-13)24-6-7-25-19/h2-5,8-9H,6-7,10-12H2,1H3,(H,21,22). The lowest BCUT2D eigenvalue weighted by Gasteiger charge is -2.20. The molecule has 0 saturated heterocycles. The molecule has 2 aromatic carbocycles. The van der Waals surface area contributed by atoms with Crippen LogP contribution in [0.15, 0.2) is 36.4 Å². The van der Waals surface area contributed by atoms with Gasteiger partial charge in [0.2, 0.25) is 5.91 Å². The molecule has 2 aromatic rings. The molecule has 0 aliphatic carbocycles. The van der Waals surface area contributed by atoms with E-state index in [0.717, 1.165) is 16.7 Å². The van der Waals surface area contributed by atoms with Crippen molar-refractivity contribution in [1.29, 1.82) is 0 Å². The lowest BCUT2D eigenvalue weighted by atomic mass is 10.1. The molecule has 0 atom stereocenters. The van der Waals surface area contributed by atoms with E-state index in [1.165, 1.54) is 0 Å². The largest absolute Gasteiger partial charge is 0.486 e. The third-order valence-corrected chi connectivity index (χ3v) is 4.20. The summed E-state index contributed by atoms with van der Waals surface area (Å²) in [6.45, 7) is 1.93. The number of carbonyl (C=O) groups is 1. The van der Waals surface area contributed by atoms with Crippen molar-refractivity contribution >= 4 is 17.5 Å². The van der Waals surface area contributed by atoms with Gasteiger partial charge in [0, 0.05) is 13.7 Å². The molecule has 1 amide bonds. The van der Waals surface area contributed by atoms with Gasteiger partial charge in [-0.15, -0.1) is 0 Å². The van der Waals surface area contributed by atoms with E-state index in [4.69, 9.17) is 25.8 Å². The van der Waals surface area contributed by atoms with Crippen molar-refractivity contribution in [2.75, 3.05) is 20.3 Å². The highest BCUT2D eigenvalue weighted by atomic mass is 35.5. The highest BCUT2D eigenvalue weighted by Gasteiger charge is 2.17. The van der Waals surface area contributed by atoms with Gasteiger partial charge in [0.1, 0.15) is 13.2 Å². The van der Waals surface area contributed by atoms with Crippen LogP contribution in [0.4, 0.5) is 0 Å². The minimum Gasteiger partial charge on any atom is -0.486 e. The van der Waals surface area contributed by atoms with Crippen molar-refractivity contribution < 1.29 is 19.0 Å². The molecule has 5 nitrogen and oxygen atoms in total. The summed E-state index contributed by atoms with van der Waals surface area (Å²) in [5.41, 5.74) is 2.89. The maximum Gasteiger partial charge on any atom is 0.224 e. The summed E-state index contributed by atoms with van der Waals surface area (Å²) in [7, 11) is 1.65. The molecule has 1 heterocycles. The molecule has 3 rings (SSSR count). The summed E-state index contributed by atoms with van der Waals surface area (Å²) in [5, 5.41) is 3.40. The fourth-order valence-electron chi connectivity index (χ4n) is 2.73. The van der Waals surface area contributed by atoms with Gasteiger partial charge in [-0.2, -0.15) is 0 Å². The molecule has 0 spiro atoms. The van der Waals surface area contributed by atoms with Gasteiger partial charge in [-0.1, -0.05) is 35.9 Å². The maximum atomic E-state index is 12.3. The predicted octanol–water partition coefficient (Wildman–Crippen LogP) is 3.12. The molecule has 0 unspecified atom stereocenters. The number of benzene rings is 2. The Morgan fingerprint density at radius 3 is 2.76 bits per heavy atom. The monoisotopic (exact) mass is 361 g/mol. The predicted molar refractivity (Wildman–Crippen MR) is 95.1 cm³/mol. The molecule has 25 heavy (non-hydrogen) atoms. The second-order valence-electron chi connectivity index (χ2n) is 5.76. The van der Waals surface area contributed by atoms with Crippen LogP contribution in [0.1, 0.15) is 16.7 Å². The molecule has 0 bridgehead atoms. The van der Waals surface area contributed by atoms with Crippen molar-refractivity contribution in [3.05, 3.63) is 58.1 Å². The molecule has 132 valence electrons. The van der Waals surface area contributed by atoms with Crippen LogP contribution >= 0.6 is 11.6 Å². The lowest BCUT2D eigenvalue weighted by Crippen LogP contribution is -2.25. The Kier molecular flexibility index (Phi) is 5.79. The quantitative estimate of drug-likeness (QED) is 0.859. The first-order valence-electron chi connectivity index (χ1n) is 8.08. The van der Waals surface area contributed by atoms with Crippen LogP contribution in [0.25, 0.3) is 0 Å². The van der Waals surface area contributed by atoms with Gasteiger partial charge in [0.25, 0.3) is 0 Å². The Balaban J connectivity index is 1.63. The van der Waals surface area contributed by atoms with Gasteiger partial charge >= 0.3 is 0 Å². The fraction of sp³-hybridized carbons (Fsp3) is 0.316.